The minimum Gasteiger partial charge on any atom is 0 e. The molecular formula is C11H14IN5Re-2. The van der Waals surface area contributed by atoms with Crippen molar-refractivity contribution in [3.8, 4) is 0 Å². The Morgan fingerprint density at radius 1 is 1.22 bits per heavy atom. The molecule has 3 heterocycles. The van der Waals surface area contributed by atoms with Crippen molar-refractivity contribution < 1.29 is 41.6 Å². The van der Waals surface area contributed by atoms with Crippen LogP contribution in [0.5, 0.6) is 0 Å². The summed E-state index contributed by atoms with van der Waals surface area (Å²) in [5.41, 5.74) is 1.66. The molecule has 7 heteroatoms. The molecule has 0 aliphatic carbocycles. The van der Waals surface area contributed by atoms with Crippen LogP contribution in [0.1, 0.15) is 19.3 Å². The van der Waals surface area contributed by atoms with E-state index in [0.29, 0.717) is 0 Å². The van der Waals surface area contributed by atoms with Crippen LogP contribution in [-0.2, 0) is 20.4 Å². The average molecular weight is 529 g/mol. The summed E-state index contributed by atoms with van der Waals surface area (Å²) in [6, 6.07) is 0. The van der Waals surface area contributed by atoms with Crippen LogP contribution >= 0.6 is 0 Å². The summed E-state index contributed by atoms with van der Waals surface area (Å²) in [5, 5.41) is 0. The van der Waals surface area contributed by atoms with Gasteiger partial charge in [-0.05, 0) is 0 Å². The van der Waals surface area contributed by atoms with E-state index in [9.17, 15) is 0 Å². The Hall–Kier alpha value is -0.258. The molecular weight excluding hydrogens is 515 g/mol. The molecule has 5 nitrogen and oxygen atoms in total. The van der Waals surface area contributed by atoms with E-state index in [-0.39, 0.29) is 41.6 Å². The van der Waals surface area contributed by atoms with Gasteiger partial charge in [0.15, 0.2) is 0 Å². The van der Waals surface area contributed by atoms with Gasteiger partial charge in [-0.25, -0.2) is 0 Å². The van der Waals surface area contributed by atoms with Crippen molar-refractivity contribution in [3.05, 3.63) is 10.0 Å². The molecule has 1 saturated heterocycles. The Balaban J connectivity index is 0.00000120. The van der Waals surface area contributed by atoms with Crippen LogP contribution in [0.25, 0.3) is 11.2 Å². The minimum absolute atomic E-state index is 0. The van der Waals surface area contributed by atoms with Gasteiger partial charge in [-0.2, -0.15) is 0 Å². The SMILES string of the molecule is C[I-]c1nc(N2CCCCC2)nc2[n-]cnc12.[Re]. The molecule has 1 aliphatic rings. The van der Waals surface area contributed by atoms with Crippen LogP contribution in [-0.4, -0.2) is 33.0 Å². The first-order chi connectivity index (χ1) is 8.38. The monoisotopic (exact) mass is 530 g/mol. The molecule has 0 amide bonds. The Kier molecular flexibility index (Phi) is 4.92. The van der Waals surface area contributed by atoms with E-state index in [1.807, 2.05) is 0 Å². The molecule has 0 saturated carbocycles. The molecule has 99 valence electrons. The van der Waals surface area contributed by atoms with Gasteiger partial charge in [0.1, 0.15) is 0 Å². The minimum atomic E-state index is -0.0864. The Morgan fingerprint density at radius 2 is 2.00 bits per heavy atom. The number of imidazole rings is 1. The third kappa shape index (κ3) is 2.68. The van der Waals surface area contributed by atoms with Crippen molar-refractivity contribution in [1.29, 1.82) is 0 Å². The van der Waals surface area contributed by atoms with Gasteiger partial charge in [0.25, 0.3) is 0 Å². The maximum absolute atomic E-state index is 4.68. The van der Waals surface area contributed by atoms with Crippen molar-refractivity contribution in [1.82, 2.24) is 19.9 Å². The molecule has 2 aromatic heterocycles. The molecule has 1 fully saturated rings. The molecule has 1 radical (unpaired) electrons. The fourth-order valence-corrected chi connectivity index (χ4v) is 3.46. The Morgan fingerprint density at radius 3 is 2.72 bits per heavy atom. The number of aromatic nitrogens is 4. The number of alkyl halides is 1. The third-order valence-electron chi connectivity index (χ3n) is 3.00. The van der Waals surface area contributed by atoms with Gasteiger partial charge in [-0.3, -0.25) is 0 Å². The van der Waals surface area contributed by atoms with E-state index in [1.165, 1.54) is 19.3 Å². The molecule has 0 spiro atoms. The number of rotatable bonds is 2. The van der Waals surface area contributed by atoms with Crippen LogP contribution in [0.15, 0.2) is 6.33 Å². The van der Waals surface area contributed by atoms with Crippen LogP contribution in [0, 0.1) is 3.70 Å². The van der Waals surface area contributed by atoms with Gasteiger partial charge in [0.2, 0.25) is 0 Å². The maximum atomic E-state index is 4.68. The Bertz CT molecular complexity index is 523. The summed E-state index contributed by atoms with van der Waals surface area (Å²) in [4.78, 5) is 22.1. The fourth-order valence-electron chi connectivity index (χ4n) is 2.12. The zero-order chi connectivity index (χ0) is 11.7. The van der Waals surface area contributed by atoms with Crippen LogP contribution in [0.4, 0.5) is 5.95 Å². The average Bonchev–Trinajstić information content (AvgIpc) is 2.86. The summed E-state index contributed by atoms with van der Waals surface area (Å²) < 4.78 is 1.12. The van der Waals surface area contributed by atoms with Crippen molar-refractivity contribution >= 4 is 17.1 Å². The van der Waals surface area contributed by atoms with Crippen molar-refractivity contribution in [2.24, 2.45) is 0 Å². The maximum Gasteiger partial charge on any atom is 0 e. The molecule has 18 heavy (non-hydrogen) atoms. The molecule has 0 atom stereocenters. The quantitative estimate of drug-likeness (QED) is 0.253. The summed E-state index contributed by atoms with van der Waals surface area (Å²) in [7, 11) is 0. The number of piperidine rings is 1. The molecule has 3 rings (SSSR count). The Labute approximate surface area is 130 Å². The van der Waals surface area contributed by atoms with Crippen molar-refractivity contribution in [2.45, 2.75) is 19.3 Å². The predicted octanol–water partition coefficient (Wildman–Crippen LogP) is -2.14. The van der Waals surface area contributed by atoms with Gasteiger partial charge in [-0.15, -0.1) is 0 Å². The molecule has 0 aromatic carbocycles. The first-order valence-corrected chi connectivity index (χ1v) is 9.02. The van der Waals surface area contributed by atoms with E-state index < -0.39 is 0 Å². The van der Waals surface area contributed by atoms with E-state index in [0.717, 1.165) is 33.9 Å². The van der Waals surface area contributed by atoms with Crippen LogP contribution < -0.4 is 31.1 Å². The summed E-state index contributed by atoms with van der Waals surface area (Å²) >= 11 is -0.0864. The number of hydrogen-bond donors (Lipinski definition) is 0. The first-order valence-electron chi connectivity index (χ1n) is 5.78. The van der Waals surface area contributed by atoms with Gasteiger partial charge >= 0.3 is 110 Å². The smallest absolute Gasteiger partial charge is 0 e. The fraction of sp³-hybridized carbons (Fsp3) is 0.545. The van der Waals surface area contributed by atoms with Crippen molar-refractivity contribution in [2.75, 3.05) is 22.9 Å². The standard InChI is InChI=1S/C11H14IN5.Re/c1-12-9-8-10(14-7-13-8)16-11(15-9)17-5-3-2-4-6-17;/h7H,2-6H2,1H3;/q-2;. The topological polar surface area (TPSA) is 56.0 Å². The van der Waals surface area contributed by atoms with E-state index in [4.69, 9.17) is 0 Å². The molecule has 0 N–H and O–H groups in total. The molecule has 0 bridgehead atoms. The number of fused-ring (bicyclic) bond motifs is 1. The van der Waals surface area contributed by atoms with E-state index in [1.54, 1.807) is 6.33 Å². The first kappa shape index (κ1) is 14.2. The van der Waals surface area contributed by atoms with Gasteiger partial charge < -0.3 is 0 Å². The molecule has 1 aliphatic heterocycles. The third-order valence-corrected chi connectivity index (χ3v) is 4.77. The summed E-state index contributed by atoms with van der Waals surface area (Å²) in [5.74, 6) is 0.856. The van der Waals surface area contributed by atoms with Crippen LogP contribution in [0.3, 0.4) is 0 Å². The second-order valence-corrected chi connectivity index (χ2v) is 6.20. The van der Waals surface area contributed by atoms with Gasteiger partial charge in [0.05, 0.1) is 0 Å². The number of anilines is 1. The van der Waals surface area contributed by atoms with Gasteiger partial charge in [0, 0.05) is 20.4 Å². The van der Waals surface area contributed by atoms with Crippen molar-refractivity contribution in [3.63, 3.8) is 0 Å². The summed E-state index contributed by atoms with van der Waals surface area (Å²) in [6.07, 6.45) is 5.39. The number of nitrogens with zero attached hydrogens (tertiary/aromatic N) is 5. The number of hydrogen-bond acceptors (Lipinski definition) is 4. The zero-order valence-electron chi connectivity index (χ0n) is 10.1. The normalized spacial score (nSPS) is 15.9. The van der Waals surface area contributed by atoms with E-state index in [2.05, 4.69) is 29.8 Å². The molecule has 0 unspecified atom stereocenters. The second-order valence-electron chi connectivity index (χ2n) is 4.10. The zero-order valence-corrected chi connectivity index (χ0v) is 15.0. The molecule has 2 aromatic rings. The number of halogens is 1. The predicted molar refractivity (Wildman–Crippen MR) is 61.3 cm³/mol. The van der Waals surface area contributed by atoms with E-state index >= 15 is 0 Å². The van der Waals surface area contributed by atoms with Gasteiger partial charge in [-0.1, -0.05) is 0 Å². The summed E-state index contributed by atoms with van der Waals surface area (Å²) in [6.45, 7) is 2.14. The largest absolute Gasteiger partial charge is 0 e. The van der Waals surface area contributed by atoms with Crippen LogP contribution in [0.2, 0.25) is 0 Å². The second kappa shape index (κ2) is 6.26.